The molecule has 5 heteroatoms. The number of phenolic OH excluding ortho intramolecular Hbond substituents is 1. The molecule has 0 aliphatic carbocycles. The SMILES string of the molecule is CC1(C)COC(=O)N[C@@H]1c1ccc(O)cc1F. The lowest BCUT2D eigenvalue weighted by Crippen LogP contribution is -2.47. The number of amides is 1. The summed E-state index contributed by atoms with van der Waals surface area (Å²) < 4.78 is 18.6. The monoisotopic (exact) mass is 239 g/mol. The molecule has 1 heterocycles. The molecule has 0 bridgehead atoms. The summed E-state index contributed by atoms with van der Waals surface area (Å²) in [6.45, 7) is 3.98. The maximum Gasteiger partial charge on any atom is 0.407 e. The molecule has 0 saturated carbocycles. The number of alkyl carbamates (subject to hydrolysis) is 1. The molecular formula is C12H14FNO3. The Morgan fingerprint density at radius 2 is 2.24 bits per heavy atom. The lowest BCUT2D eigenvalue weighted by molar-refractivity contribution is 0.0377. The van der Waals surface area contributed by atoms with Crippen molar-refractivity contribution < 1.29 is 19.0 Å². The summed E-state index contributed by atoms with van der Waals surface area (Å²) in [6.07, 6.45) is -0.554. The fourth-order valence-electron chi connectivity index (χ4n) is 1.94. The van der Waals surface area contributed by atoms with Crippen LogP contribution in [0.4, 0.5) is 9.18 Å². The Morgan fingerprint density at radius 1 is 1.53 bits per heavy atom. The van der Waals surface area contributed by atoms with Gasteiger partial charge in [0.2, 0.25) is 0 Å². The van der Waals surface area contributed by atoms with Crippen LogP contribution in [0, 0.1) is 11.2 Å². The van der Waals surface area contributed by atoms with Crippen LogP contribution < -0.4 is 5.32 Å². The predicted octanol–water partition coefficient (Wildman–Crippen LogP) is 2.34. The average molecular weight is 239 g/mol. The third-order valence-electron chi connectivity index (χ3n) is 2.91. The minimum Gasteiger partial charge on any atom is -0.508 e. The molecule has 0 spiro atoms. The van der Waals surface area contributed by atoms with Crippen molar-refractivity contribution in [2.24, 2.45) is 5.41 Å². The fourth-order valence-corrected chi connectivity index (χ4v) is 1.94. The van der Waals surface area contributed by atoms with Crippen molar-refractivity contribution in [2.75, 3.05) is 6.61 Å². The molecule has 4 nitrogen and oxygen atoms in total. The molecule has 1 amide bonds. The average Bonchev–Trinajstić information content (AvgIpc) is 2.23. The first-order valence-corrected chi connectivity index (χ1v) is 5.32. The number of hydrogen-bond acceptors (Lipinski definition) is 3. The van der Waals surface area contributed by atoms with Crippen molar-refractivity contribution in [3.05, 3.63) is 29.6 Å². The Hall–Kier alpha value is -1.78. The maximum atomic E-state index is 13.8. The predicted molar refractivity (Wildman–Crippen MR) is 59.1 cm³/mol. The van der Waals surface area contributed by atoms with Crippen LogP contribution in [0.5, 0.6) is 5.75 Å². The van der Waals surface area contributed by atoms with Crippen molar-refractivity contribution in [3.63, 3.8) is 0 Å². The standard InChI is InChI=1S/C12H14FNO3/c1-12(2)6-17-11(16)14-10(12)8-4-3-7(15)5-9(8)13/h3-5,10,15H,6H2,1-2H3,(H,14,16)/t10-/m1/s1. The highest BCUT2D eigenvalue weighted by Gasteiger charge is 2.39. The molecule has 17 heavy (non-hydrogen) atoms. The van der Waals surface area contributed by atoms with Gasteiger partial charge in [-0.15, -0.1) is 0 Å². The van der Waals surface area contributed by atoms with Gasteiger partial charge in [0.15, 0.2) is 0 Å². The Balaban J connectivity index is 2.39. The summed E-state index contributed by atoms with van der Waals surface area (Å²) in [6, 6.07) is 3.44. The topological polar surface area (TPSA) is 58.6 Å². The van der Waals surface area contributed by atoms with Gasteiger partial charge >= 0.3 is 6.09 Å². The molecular weight excluding hydrogens is 225 g/mol. The van der Waals surface area contributed by atoms with E-state index in [4.69, 9.17) is 9.84 Å². The van der Waals surface area contributed by atoms with E-state index in [9.17, 15) is 9.18 Å². The number of halogens is 1. The van der Waals surface area contributed by atoms with Crippen molar-refractivity contribution >= 4 is 6.09 Å². The van der Waals surface area contributed by atoms with Gasteiger partial charge in [0.05, 0.1) is 6.04 Å². The summed E-state index contributed by atoms with van der Waals surface area (Å²) in [5, 5.41) is 11.8. The number of ether oxygens (including phenoxy) is 1. The van der Waals surface area contributed by atoms with Gasteiger partial charge in [0, 0.05) is 17.0 Å². The van der Waals surface area contributed by atoms with Crippen LogP contribution in [0.2, 0.25) is 0 Å². The largest absolute Gasteiger partial charge is 0.508 e. The van der Waals surface area contributed by atoms with Gasteiger partial charge in [-0.3, -0.25) is 0 Å². The molecule has 1 aliphatic heterocycles. The summed E-state index contributed by atoms with van der Waals surface area (Å²) in [7, 11) is 0. The molecule has 1 aromatic rings. The zero-order valence-corrected chi connectivity index (χ0v) is 9.66. The zero-order chi connectivity index (χ0) is 12.6. The number of rotatable bonds is 1. The first kappa shape index (κ1) is 11.7. The summed E-state index contributed by atoms with van der Waals surface area (Å²) >= 11 is 0. The van der Waals surface area contributed by atoms with Crippen LogP contribution in [-0.4, -0.2) is 17.8 Å². The molecule has 2 N–H and O–H groups in total. The van der Waals surface area contributed by atoms with E-state index in [0.717, 1.165) is 6.07 Å². The first-order chi connectivity index (χ1) is 7.90. The Bertz CT molecular complexity index is 459. The lowest BCUT2D eigenvalue weighted by atomic mass is 9.80. The van der Waals surface area contributed by atoms with E-state index in [0.29, 0.717) is 5.56 Å². The molecule has 0 aromatic heterocycles. The maximum absolute atomic E-state index is 13.8. The van der Waals surface area contributed by atoms with E-state index in [-0.39, 0.29) is 12.4 Å². The molecule has 1 saturated heterocycles. The van der Waals surface area contributed by atoms with Crippen molar-refractivity contribution in [3.8, 4) is 5.75 Å². The summed E-state index contributed by atoms with van der Waals surface area (Å²) in [4.78, 5) is 11.2. The number of carbonyl (C=O) groups excluding carboxylic acids is 1. The van der Waals surface area contributed by atoms with E-state index < -0.39 is 23.4 Å². The highest BCUT2D eigenvalue weighted by molar-refractivity contribution is 5.69. The minimum atomic E-state index is -0.554. The van der Waals surface area contributed by atoms with Crippen LogP contribution in [0.25, 0.3) is 0 Å². The van der Waals surface area contributed by atoms with Crippen LogP contribution in [0.15, 0.2) is 18.2 Å². The first-order valence-electron chi connectivity index (χ1n) is 5.32. The number of carbonyl (C=O) groups is 1. The molecule has 2 rings (SSSR count). The lowest BCUT2D eigenvalue weighted by Gasteiger charge is -2.38. The molecule has 0 unspecified atom stereocenters. The van der Waals surface area contributed by atoms with Crippen molar-refractivity contribution in [1.82, 2.24) is 5.32 Å². The number of phenols is 1. The van der Waals surface area contributed by atoms with Gasteiger partial charge in [0.1, 0.15) is 18.2 Å². The van der Waals surface area contributed by atoms with Gasteiger partial charge in [-0.2, -0.15) is 0 Å². The van der Waals surface area contributed by atoms with Gasteiger partial charge in [-0.25, -0.2) is 9.18 Å². The molecule has 1 aliphatic rings. The second-order valence-electron chi connectivity index (χ2n) is 4.85. The van der Waals surface area contributed by atoms with Crippen LogP contribution in [-0.2, 0) is 4.74 Å². The van der Waals surface area contributed by atoms with Crippen molar-refractivity contribution in [2.45, 2.75) is 19.9 Å². The molecule has 92 valence electrons. The Kier molecular flexibility index (Phi) is 2.69. The van der Waals surface area contributed by atoms with Gasteiger partial charge in [-0.1, -0.05) is 19.9 Å². The van der Waals surface area contributed by atoms with Gasteiger partial charge in [0.25, 0.3) is 0 Å². The van der Waals surface area contributed by atoms with Crippen LogP contribution >= 0.6 is 0 Å². The zero-order valence-electron chi connectivity index (χ0n) is 9.66. The molecule has 1 fully saturated rings. The van der Waals surface area contributed by atoms with E-state index in [1.54, 1.807) is 0 Å². The van der Waals surface area contributed by atoms with E-state index >= 15 is 0 Å². The fraction of sp³-hybridized carbons (Fsp3) is 0.417. The number of cyclic esters (lactones) is 1. The van der Waals surface area contributed by atoms with E-state index in [1.807, 2.05) is 13.8 Å². The third kappa shape index (κ3) is 2.18. The number of aromatic hydroxyl groups is 1. The number of benzene rings is 1. The summed E-state index contributed by atoms with van der Waals surface area (Å²) in [5.74, 6) is -0.673. The third-order valence-corrected chi connectivity index (χ3v) is 2.91. The Labute approximate surface area is 98.4 Å². The van der Waals surface area contributed by atoms with Crippen molar-refractivity contribution in [1.29, 1.82) is 0 Å². The number of hydrogen-bond donors (Lipinski definition) is 2. The molecule has 0 radical (unpaired) electrons. The second-order valence-corrected chi connectivity index (χ2v) is 4.85. The van der Waals surface area contributed by atoms with Crippen LogP contribution in [0.3, 0.4) is 0 Å². The smallest absolute Gasteiger partial charge is 0.407 e. The highest BCUT2D eigenvalue weighted by Crippen LogP contribution is 2.37. The quantitative estimate of drug-likeness (QED) is 0.790. The van der Waals surface area contributed by atoms with E-state index in [1.165, 1.54) is 12.1 Å². The van der Waals surface area contributed by atoms with Crippen LogP contribution in [0.1, 0.15) is 25.5 Å². The Morgan fingerprint density at radius 3 is 2.88 bits per heavy atom. The minimum absolute atomic E-state index is 0.137. The van der Waals surface area contributed by atoms with E-state index in [2.05, 4.69) is 5.32 Å². The van der Waals surface area contributed by atoms with Gasteiger partial charge in [-0.05, 0) is 6.07 Å². The normalized spacial score (nSPS) is 22.8. The van der Waals surface area contributed by atoms with Gasteiger partial charge < -0.3 is 15.2 Å². The second kappa shape index (κ2) is 3.91. The number of nitrogens with one attached hydrogen (secondary N) is 1. The summed E-state index contributed by atoms with van der Waals surface area (Å²) in [5.41, 5.74) is -0.0596. The molecule has 1 atom stereocenters. The highest BCUT2D eigenvalue weighted by atomic mass is 19.1. The molecule has 1 aromatic carbocycles.